The van der Waals surface area contributed by atoms with E-state index in [-0.39, 0.29) is 12.3 Å². The van der Waals surface area contributed by atoms with Gasteiger partial charge in [0.25, 0.3) is 0 Å². The molecule has 0 bridgehead atoms. The van der Waals surface area contributed by atoms with Crippen LogP contribution in [-0.4, -0.2) is 54.1 Å². The first-order valence-electron chi connectivity index (χ1n) is 5.24. The van der Waals surface area contributed by atoms with E-state index in [4.69, 9.17) is 5.11 Å². The van der Waals surface area contributed by atoms with Crippen LogP contribution in [0, 0.1) is 0 Å². The Morgan fingerprint density at radius 3 is 2.12 bits per heavy atom. The number of nitrogens with zero attached hydrogens (tertiary/aromatic N) is 1. The Balaban J connectivity index is 4.09. The van der Waals surface area contributed by atoms with E-state index < -0.39 is 24.1 Å². The number of amides is 3. The van der Waals surface area contributed by atoms with Crippen LogP contribution in [0.15, 0.2) is 0 Å². The summed E-state index contributed by atoms with van der Waals surface area (Å²) in [6, 6.07) is -1.70. The predicted molar refractivity (Wildman–Crippen MR) is 61.5 cm³/mol. The third kappa shape index (κ3) is 6.39. The molecule has 7 nitrogen and oxygen atoms in total. The first kappa shape index (κ1) is 15.2. The number of hydrogen-bond acceptors (Lipinski definition) is 3. The lowest BCUT2D eigenvalue weighted by atomic mass is 10.2. The monoisotopic (exact) mass is 245 g/mol. The maximum absolute atomic E-state index is 11.4. The van der Waals surface area contributed by atoms with Gasteiger partial charge in [0.15, 0.2) is 0 Å². The summed E-state index contributed by atoms with van der Waals surface area (Å²) in [4.78, 5) is 34.6. The molecule has 0 aromatic carbocycles. The lowest BCUT2D eigenvalue weighted by Gasteiger charge is -2.19. The van der Waals surface area contributed by atoms with Gasteiger partial charge in [-0.25, -0.2) is 4.79 Å². The molecule has 0 saturated carbocycles. The van der Waals surface area contributed by atoms with Crippen LogP contribution < -0.4 is 10.6 Å². The molecule has 0 spiro atoms. The number of aliphatic carboxylic acids is 1. The lowest BCUT2D eigenvalue weighted by Crippen LogP contribution is -2.50. The number of carboxylic acids is 1. The maximum Gasteiger partial charge on any atom is 0.315 e. The van der Waals surface area contributed by atoms with Crippen LogP contribution in [0.2, 0.25) is 0 Å². The van der Waals surface area contributed by atoms with Gasteiger partial charge in [0, 0.05) is 20.1 Å². The summed E-state index contributed by atoms with van der Waals surface area (Å²) < 4.78 is 0. The molecule has 0 saturated heterocycles. The number of carbonyl (C=O) groups is 3. The van der Waals surface area contributed by atoms with Crippen LogP contribution in [0.5, 0.6) is 0 Å². The molecule has 3 N–H and O–H groups in total. The molecule has 98 valence electrons. The van der Waals surface area contributed by atoms with Gasteiger partial charge < -0.3 is 20.6 Å². The summed E-state index contributed by atoms with van der Waals surface area (Å²) >= 11 is 0. The second-order valence-corrected chi connectivity index (χ2v) is 4.07. The molecular weight excluding hydrogens is 226 g/mol. The van der Waals surface area contributed by atoms with Gasteiger partial charge >= 0.3 is 12.0 Å². The summed E-state index contributed by atoms with van der Waals surface area (Å²) in [5, 5.41) is 13.4. The fraction of sp³-hybridized carbons (Fsp3) is 0.700. The van der Waals surface area contributed by atoms with Crippen molar-refractivity contribution in [2.24, 2.45) is 0 Å². The zero-order valence-electron chi connectivity index (χ0n) is 10.5. The molecule has 17 heavy (non-hydrogen) atoms. The van der Waals surface area contributed by atoms with Crippen LogP contribution in [0.4, 0.5) is 4.79 Å². The molecule has 2 atom stereocenters. The topological polar surface area (TPSA) is 98.7 Å². The summed E-state index contributed by atoms with van der Waals surface area (Å²) in [7, 11) is 3.18. The number of urea groups is 1. The molecule has 0 aromatic heterocycles. The van der Waals surface area contributed by atoms with Crippen molar-refractivity contribution >= 4 is 17.9 Å². The smallest absolute Gasteiger partial charge is 0.315 e. The third-order valence-electron chi connectivity index (χ3n) is 2.02. The molecular formula is C10H19N3O4. The number of nitrogens with one attached hydrogen (secondary N) is 2. The van der Waals surface area contributed by atoms with E-state index in [1.54, 1.807) is 27.9 Å². The SMILES string of the molecule is CC(CC(=O)O)NC(=O)NC(C)C(=O)N(C)C. The third-order valence-corrected chi connectivity index (χ3v) is 2.02. The van der Waals surface area contributed by atoms with Crippen LogP contribution in [0.3, 0.4) is 0 Å². The van der Waals surface area contributed by atoms with E-state index in [2.05, 4.69) is 10.6 Å². The van der Waals surface area contributed by atoms with Gasteiger partial charge in [-0.3, -0.25) is 9.59 Å². The molecule has 0 aliphatic carbocycles. The molecule has 0 aromatic rings. The van der Waals surface area contributed by atoms with Crippen molar-refractivity contribution in [3.63, 3.8) is 0 Å². The zero-order valence-corrected chi connectivity index (χ0v) is 10.5. The van der Waals surface area contributed by atoms with Gasteiger partial charge in [-0.05, 0) is 13.8 Å². The standard InChI is InChI=1S/C10H19N3O4/c1-6(5-8(14)15)11-10(17)12-7(2)9(16)13(3)4/h6-7H,5H2,1-4H3,(H,14,15)(H2,11,12,17). The lowest BCUT2D eigenvalue weighted by molar-refractivity contribution is -0.137. The van der Waals surface area contributed by atoms with Crippen molar-refractivity contribution in [1.29, 1.82) is 0 Å². The minimum Gasteiger partial charge on any atom is -0.481 e. The Bertz CT molecular complexity index is 304. The summed E-state index contributed by atoms with van der Waals surface area (Å²) in [5.74, 6) is -1.22. The quantitative estimate of drug-likeness (QED) is 0.615. The average molecular weight is 245 g/mol. The Morgan fingerprint density at radius 2 is 1.71 bits per heavy atom. The van der Waals surface area contributed by atoms with Gasteiger partial charge in [-0.15, -0.1) is 0 Å². The number of carboxylic acid groups (broad SMARTS) is 1. The van der Waals surface area contributed by atoms with Gasteiger partial charge in [-0.2, -0.15) is 0 Å². The second kappa shape index (κ2) is 6.72. The van der Waals surface area contributed by atoms with E-state index in [1.165, 1.54) is 4.90 Å². The highest BCUT2D eigenvalue weighted by molar-refractivity contribution is 5.86. The number of likely N-dealkylation sites (N-methyl/N-ethyl adjacent to an activating group) is 1. The van der Waals surface area contributed by atoms with E-state index >= 15 is 0 Å². The molecule has 3 amide bonds. The minimum absolute atomic E-state index is 0.163. The van der Waals surface area contributed by atoms with Gasteiger partial charge in [0.1, 0.15) is 6.04 Å². The Hall–Kier alpha value is -1.79. The van der Waals surface area contributed by atoms with Crippen molar-refractivity contribution in [3.8, 4) is 0 Å². The predicted octanol–water partition coefficient (Wildman–Crippen LogP) is -0.374. The molecule has 0 fully saturated rings. The highest BCUT2D eigenvalue weighted by Crippen LogP contribution is 1.92. The van der Waals surface area contributed by atoms with Crippen LogP contribution in [0.25, 0.3) is 0 Å². The highest BCUT2D eigenvalue weighted by Gasteiger charge is 2.18. The zero-order chi connectivity index (χ0) is 13.6. The molecule has 0 heterocycles. The van der Waals surface area contributed by atoms with Crippen LogP contribution in [-0.2, 0) is 9.59 Å². The van der Waals surface area contributed by atoms with Crippen molar-refractivity contribution in [1.82, 2.24) is 15.5 Å². The normalized spacial score (nSPS) is 13.4. The fourth-order valence-electron chi connectivity index (χ4n) is 1.22. The van der Waals surface area contributed by atoms with Crippen LogP contribution in [0.1, 0.15) is 20.3 Å². The minimum atomic E-state index is -0.991. The highest BCUT2D eigenvalue weighted by atomic mass is 16.4. The molecule has 0 aliphatic heterocycles. The summed E-state index contributed by atoms with van der Waals surface area (Å²) in [5.41, 5.74) is 0. The first-order chi connectivity index (χ1) is 7.73. The molecule has 0 aliphatic rings. The van der Waals surface area contributed by atoms with Gasteiger partial charge in [-0.1, -0.05) is 0 Å². The van der Waals surface area contributed by atoms with Crippen molar-refractivity contribution < 1.29 is 19.5 Å². The number of hydrogen-bond donors (Lipinski definition) is 3. The van der Waals surface area contributed by atoms with E-state index in [0.717, 1.165) is 0 Å². The van der Waals surface area contributed by atoms with Crippen LogP contribution >= 0.6 is 0 Å². The summed E-state index contributed by atoms with van der Waals surface area (Å²) in [6.07, 6.45) is -0.163. The average Bonchev–Trinajstić information content (AvgIpc) is 2.13. The fourth-order valence-corrected chi connectivity index (χ4v) is 1.22. The molecule has 7 heteroatoms. The van der Waals surface area contributed by atoms with E-state index in [9.17, 15) is 14.4 Å². The Kier molecular flexibility index (Phi) is 6.01. The van der Waals surface area contributed by atoms with Crippen molar-refractivity contribution in [2.75, 3.05) is 14.1 Å². The number of carbonyl (C=O) groups excluding carboxylic acids is 2. The number of rotatable bonds is 5. The Labute approximate surface area is 100 Å². The molecule has 0 rings (SSSR count). The Morgan fingerprint density at radius 1 is 1.18 bits per heavy atom. The van der Waals surface area contributed by atoms with E-state index in [1.807, 2.05) is 0 Å². The molecule has 2 unspecified atom stereocenters. The van der Waals surface area contributed by atoms with Gasteiger partial charge in [0.05, 0.1) is 6.42 Å². The summed E-state index contributed by atoms with van der Waals surface area (Å²) in [6.45, 7) is 3.13. The molecule has 0 radical (unpaired) electrons. The van der Waals surface area contributed by atoms with Crippen molar-refractivity contribution in [2.45, 2.75) is 32.4 Å². The van der Waals surface area contributed by atoms with Gasteiger partial charge in [0.2, 0.25) is 5.91 Å². The van der Waals surface area contributed by atoms with E-state index in [0.29, 0.717) is 0 Å². The largest absolute Gasteiger partial charge is 0.481 e. The first-order valence-corrected chi connectivity index (χ1v) is 5.24. The maximum atomic E-state index is 11.4. The van der Waals surface area contributed by atoms with Crippen molar-refractivity contribution in [3.05, 3.63) is 0 Å². The second-order valence-electron chi connectivity index (χ2n) is 4.07.